The van der Waals surface area contributed by atoms with Crippen LogP contribution in [0.25, 0.3) is 10.9 Å². The average Bonchev–Trinajstić information content (AvgIpc) is 3.01. The zero-order chi connectivity index (χ0) is 22.3. The topological polar surface area (TPSA) is 93.0 Å². The Bertz CT molecular complexity index is 1390. The Morgan fingerprint density at radius 3 is 2.58 bits per heavy atom. The van der Waals surface area contributed by atoms with E-state index in [0.29, 0.717) is 23.0 Å². The van der Waals surface area contributed by atoms with Gasteiger partial charge in [0.25, 0.3) is 0 Å². The highest BCUT2D eigenvalue weighted by Gasteiger charge is 2.13. The molecule has 0 saturated heterocycles. The summed E-state index contributed by atoms with van der Waals surface area (Å²) in [5.74, 6) is 1.07. The van der Waals surface area contributed by atoms with Crippen LogP contribution in [0, 0.1) is 13.8 Å². The van der Waals surface area contributed by atoms with Crippen LogP contribution in [0.4, 0.5) is 23.1 Å². The van der Waals surface area contributed by atoms with Crippen molar-refractivity contribution >= 4 is 43.9 Å². The van der Waals surface area contributed by atoms with Gasteiger partial charge in [-0.15, -0.1) is 0 Å². The molecule has 0 saturated carbocycles. The predicted molar refractivity (Wildman–Crippen MR) is 123 cm³/mol. The Morgan fingerprint density at radius 1 is 1.06 bits per heavy atom. The van der Waals surface area contributed by atoms with E-state index in [1.807, 2.05) is 48.8 Å². The first-order valence-electron chi connectivity index (χ1n) is 9.71. The minimum Gasteiger partial charge on any atom is -0.329 e. The van der Waals surface area contributed by atoms with Crippen molar-refractivity contribution in [3.05, 3.63) is 59.9 Å². The Hall–Kier alpha value is -3.46. The van der Waals surface area contributed by atoms with Crippen LogP contribution in [0.1, 0.15) is 11.3 Å². The van der Waals surface area contributed by atoms with Crippen molar-refractivity contribution in [2.24, 2.45) is 7.05 Å². The van der Waals surface area contributed by atoms with E-state index in [0.717, 1.165) is 22.3 Å². The molecule has 9 heteroatoms. The molecule has 31 heavy (non-hydrogen) atoms. The SMILES string of the molecule is Cc1ccc(Nc2nccc(N(C)c3ccc4c(C)n(C)nc4c3)n2)cc1S(C)(=O)=O. The van der Waals surface area contributed by atoms with E-state index >= 15 is 0 Å². The Kier molecular flexibility index (Phi) is 5.14. The lowest BCUT2D eigenvalue weighted by Gasteiger charge is -2.19. The van der Waals surface area contributed by atoms with Crippen molar-refractivity contribution in [3.63, 3.8) is 0 Å². The maximum Gasteiger partial charge on any atom is 0.229 e. The highest BCUT2D eigenvalue weighted by Crippen LogP contribution is 2.28. The van der Waals surface area contributed by atoms with Crippen LogP contribution in [0.2, 0.25) is 0 Å². The number of rotatable bonds is 5. The number of hydrogen-bond donors (Lipinski definition) is 1. The average molecular weight is 437 g/mol. The van der Waals surface area contributed by atoms with Crippen molar-refractivity contribution in [1.82, 2.24) is 19.7 Å². The number of aromatic nitrogens is 4. The molecule has 0 fully saturated rings. The molecule has 160 valence electrons. The summed E-state index contributed by atoms with van der Waals surface area (Å²) in [6, 6.07) is 13.1. The van der Waals surface area contributed by atoms with E-state index in [2.05, 4.69) is 26.4 Å². The van der Waals surface area contributed by atoms with Gasteiger partial charge in [-0.25, -0.2) is 13.4 Å². The number of nitrogens with zero attached hydrogens (tertiary/aromatic N) is 5. The number of sulfone groups is 1. The highest BCUT2D eigenvalue weighted by molar-refractivity contribution is 7.90. The fourth-order valence-electron chi connectivity index (χ4n) is 3.46. The second kappa shape index (κ2) is 7.66. The third kappa shape index (κ3) is 4.09. The summed E-state index contributed by atoms with van der Waals surface area (Å²) in [4.78, 5) is 11.1. The minimum absolute atomic E-state index is 0.282. The summed E-state index contributed by atoms with van der Waals surface area (Å²) in [5, 5.41) is 8.77. The maximum absolute atomic E-state index is 12.0. The smallest absolute Gasteiger partial charge is 0.229 e. The van der Waals surface area contributed by atoms with Crippen LogP contribution in [0.15, 0.2) is 53.6 Å². The number of nitrogens with one attached hydrogen (secondary N) is 1. The molecule has 0 atom stereocenters. The monoisotopic (exact) mass is 436 g/mol. The first-order chi connectivity index (χ1) is 14.6. The van der Waals surface area contributed by atoms with Gasteiger partial charge in [0, 0.05) is 49.0 Å². The number of aryl methyl sites for hydroxylation is 3. The molecule has 0 aliphatic heterocycles. The lowest BCUT2D eigenvalue weighted by Crippen LogP contribution is -2.12. The third-order valence-electron chi connectivity index (χ3n) is 5.33. The van der Waals surface area contributed by atoms with Crippen molar-refractivity contribution in [3.8, 4) is 0 Å². The Labute approximate surface area is 181 Å². The standard InChI is InChI=1S/C22H24N6O2S/c1-14-6-7-16(12-20(14)31(5,29)30)24-22-23-11-10-21(25-22)27(3)17-8-9-18-15(2)28(4)26-19(18)13-17/h6-13H,1-5H3,(H,23,24,25). The molecular formula is C22H24N6O2S. The molecule has 0 amide bonds. The summed E-state index contributed by atoms with van der Waals surface area (Å²) in [7, 11) is 0.537. The van der Waals surface area contributed by atoms with Gasteiger partial charge in [-0.05, 0) is 55.8 Å². The summed E-state index contributed by atoms with van der Waals surface area (Å²) in [6.45, 7) is 3.81. The molecule has 4 rings (SSSR count). The van der Waals surface area contributed by atoms with Gasteiger partial charge >= 0.3 is 0 Å². The summed E-state index contributed by atoms with van der Waals surface area (Å²) in [5.41, 5.74) is 4.29. The van der Waals surface area contributed by atoms with Crippen molar-refractivity contribution in [1.29, 1.82) is 0 Å². The van der Waals surface area contributed by atoms with E-state index in [1.165, 1.54) is 6.26 Å². The van der Waals surface area contributed by atoms with Gasteiger partial charge in [0.1, 0.15) is 5.82 Å². The van der Waals surface area contributed by atoms with Gasteiger partial charge in [-0.1, -0.05) is 6.07 Å². The van der Waals surface area contributed by atoms with E-state index in [9.17, 15) is 8.42 Å². The molecule has 0 spiro atoms. The summed E-state index contributed by atoms with van der Waals surface area (Å²) < 4.78 is 25.9. The summed E-state index contributed by atoms with van der Waals surface area (Å²) >= 11 is 0. The van der Waals surface area contributed by atoms with Gasteiger partial charge in [0.2, 0.25) is 5.95 Å². The molecule has 2 aromatic carbocycles. The lowest BCUT2D eigenvalue weighted by atomic mass is 10.2. The first-order valence-corrected chi connectivity index (χ1v) is 11.6. The van der Waals surface area contributed by atoms with Crippen molar-refractivity contribution in [2.45, 2.75) is 18.7 Å². The van der Waals surface area contributed by atoms with Gasteiger partial charge in [-0.3, -0.25) is 4.68 Å². The summed E-state index contributed by atoms with van der Waals surface area (Å²) in [6.07, 6.45) is 2.86. The second-order valence-corrected chi connectivity index (χ2v) is 9.57. The minimum atomic E-state index is -3.32. The molecule has 0 unspecified atom stereocenters. The van der Waals surface area contributed by atoms with Gasteiger partial charge in [0.05, 0.1) is 10.4 Å². The quantitative estimate of drug-likeness (QED) is 0.507. The van der Waals surface area contributed by atoms with E-state index in [1.54, 1.807) is 31.3 Å². The zero-order valence-corrected chi connectivity index (χ0v) is 18.9. The fraction of sp³-hybridized carbons (Fsp3) is 0.227. The van der Waals surface area contributed by atoms with E-state index in [-0.39, 0.29) is 4.90 Å². The van der Waals surface area contributed by atoms with E-state index in [4.69, 9.17) is 0 Å². The number of benzene rings is 2. The largest absolute Gasteiger partial charge is 0.329 e. The van der Waals surface area contributed by atoms with Crippen LogP contribution in [-0.4, -0.2) is 41.5 Å². The molecule has 0 aliphatic rings. The van der Waals surface area contributed by atoms with Crippen LogP contribution in [-0.2, 0) is 16.9 Å². The third-order valence-corrected chi connectivity index (χ3v) is 6.57. The fourth-order valence-corrected chi connectivity index (χ4v) is 4.46. The normalized spacial score (nSPS) is 11.6. The van der Waals surface area contributed by atoms with Crippen LogP contribution < -0.4 is 10.2 Å². The highest BCUT2D eigenvalue weighted by atomic mass is 32.2. The molecule has 0 radical (unpaired) electrons. The van der Waals surface area contributed by atoms with Crippen LogP contribution in [0.5, 0.6) is 0 Å². The van der Waals surface area contributed by atoms with Crippen LogP contribution >= 0.6 is 0 Å². The van der Waals surface area contributed by atoms with Crippen molar-refractivity contribution in [2.75, 3.05) is 23.5 Å². The number of fused-ring (bicyclic) bond motifs is 1. The molecule has 4 aromatic rings. The van der Waals surface area contributed by atoms with E-state index < -0.39 is 9.84 Å². The predicted octanol–water partition coefficient (Wildman–Crippen LogP) is 3.90. The van der Waals surface area contributed by atoms with Gasteiger partial charge in [-0.2, -0.15) is 10.1 Å². The molecule has 1 N–H and O–H groups in total. The molecule has 0 bridgehead atoms. The second-order valence-electron chi connectivity index (χ2n) is 7.59. The Balaban J connectivity index is 1.63. The van der Waals surface area contributed by atoms with Crippen LogP contribution in [0.3, 0.4) is 0 Å². The first kappa shape index (κ1) is 20.8. The maximum atomic E-state index is 12.0. The van der Waals surface area contributed by atoms with Gasteiger partial charge < -0.3 is 10.2 Å². The molecular weight excluding hydrogens is 412 g/mol. The zero-order valence-electron chi connectivity index (χ0n) is 18.1. The molecule has 2 heterocycles. The number of anilines is 4. The number of hydrogen-bond acceptors (Lipinski definition) is 7. The molecule has 2 aromatic heterocycles. The Morgan fingerprint density at radius 2 is 1.84 bits per heavy atom. The molecule has 0 aliphatic carbocycles. The van der Waals surface area contributed by atoms with Crippen molar-refractivity contribution < 1.29 is 8.42 Å². The lowest BCUT2D eigenvalue weighted by molar-refractivity contribution is 0.601. The van der Waals surface area contributed by atoms with Gasteiger partial charge in [0.15, 0.2) is 9.84 Å². The molecule has 8 nitrogen and oxygen atoms in total.